The van der Waals surface area contributed by atoms with Gasteiger partial charge in [-0.1, -0.05) is 11.6 Å². The highest BCUT2D eigenvalue weighted by Crippen LogP contribution is 2.32. The Morgan fingerprint density at radius 2 is 2.23 bits per heavy atom. The van der Waals surface area contributed by atoms with Gasteiger partial charge in [0.15, 0.2) is 0 Å². The molecule has 0 bridgehead atoms. The average Bonchev–Trinajstić information content (AvgIpc) is 2.17. The molecule has 1 aromatic carbocycles. The Labute approximate surface area is 86.9 Å². The van der Waals surface area contributed by atoms with Crippen LogP contribution in [-0.2, 0) is 0 Å². The molecule has 1 heterocycles. The van der Waals surface area contributed by atoms with Gasteiger partial charge in [0, 0.05) is 16.5 Å². The number of ether oxygens (including phenoxy) is 1. The van der Waals surface area contributed by atoms with Crippen LogP contribution in [0.3, 0.4) is 0 Å². The molecule has 3 heteroatoms. The maximum atomic E-state index is 5.87. The molecule has 0 saturated carbocycles. The number of fused-ring (bicyclic) bond motifs is 1. The van der Waals surface area contributed by atoms with Crippen LogP contribution in [0, 0.1) is 0 Å². The number of halogens is 2. The minimum Gasteiger partial charge on any atom is -0.489 e. The Balaban J connectivity index is 2.51. The molecule has 68 valence electrons. The lowest BCUT2D eigenvalue weighted by Crippen LogP contribution is -2.05. The highest BCUT2D eigenvalue weighted by atomic mass is 35.5. The van der Waals surface area contributed by atoms with Gasteiger partial charge in [0.05, 0.1) is 0 Å². The molecular weight excluding hydrogens is 207 g/mol. The van der Waals surface area contributed by atoms with E-state index in [0.29, 0.717) is 17.5 Å². The van der Waals surface area contributed by atoms with Crippen LogP contribution in [0.1, 0.15) is 5.56 Å². The lowest BCUT2D eigenvalue weighted by molar-refractivity contribution is 0.357. The number of allylic oxidation sites excluding steroid dienone is 1. The third-order valence-electron chi connectivity index (χ3n) is 2.00. The highest BCUT2D eigenvalue weighted by Gasteiger charge is 2.12. The number of rotatable bonds is 1. The Bertz CT molecular complexity index is 358. The number of hydrogen-bond acceptors (Lipinski definition) is 1. The Morgan fingerprint density at radius 1 is 1.38 bits per heavy atom. The topological polar surface area (TPSA) is 9.23 Å². The zero-order valence-corrected chi connectivity index (χ0v) is 8.40. The monoisotopic (exact) mass is 214 g/mol. The van der Waals surface area contributed by atoms with Crippen molar-refractivity contribution in [1.82, 2.24) is 0 Å². The van der Waals surface area contributed by atoms with Gasteiger partial charge in [-0.15, -0.1) is 11.6 Å². The summed E-state index contributed by atoms with van der Waals surface area (Å²) in [5, 5.41) is 0.709. The lowest BCUT2D eigenvalue weighted by Gasteiger charge is -2.17. The normalized spacial score (nSPS) is 14.5. The fourth-order valence-electron chi connectivity index (χ4n) is 1.35. The van der Waals surface area contributed by atoms with Crippen molar-refractivity contribution in [2.24, 2.45) is 0 Å². The molecule has 1 aromatic rings. The molecule has 0 spiro atoms. The molecule has 0 atom stereocenters. The lowest BCUT2D eigenvalue weighted by atomic mass is 10.0. The molecule has 0 N–H and O–H groups in total. The van der Waals surface area contributed by atoms with Crippen LogP contribution in [0.15, 0.2) is 24.3 Å². The van der Waals surface area contributed by atoms with Gasteiger partial charge in [-0.3, -0.25) is 0 Å². The van der Waals surface area contributed by atoms with Gasteiger partial charge in [-0.2, -0.15) is 0 Å². The summed E-state index contributed by atoms with van der Waals surface area (Å²) in [7, 11) is 0. The maximum Gasteiger partial charge on any atom is 0.127 e. The summed E-state index contributed by atoms with van der Waals surface area (Å²) in [4.78, 5) is 0. The van der Waals surface area contributed by atoms with E-state index in [4.69, 9.17) is 27.9 Å². The zero-order chi connectivity index (χ0) is 9.26. The molecule has 0 fully saturated rings. The third-order valence-corrected chi connectivity index (χ3v) is 2.52. The van der Waals surface area contributed by atoms with Gasteiger partial charge >= 0.3 is 0 Å². The molecule has 13 heavy (non-hydrogen) atoms. The number of benzene rings is 1. The summed E-state index contributed by atoms with van der Waals surface area (Å²) in [5.41, 5.74) is 2.10. The van der Waals surface area contributed by atoms with Crippen molar-refractivity contribution in [3.05, 3.63) is 34.9 Å². The molecule has 1 nitrogen and oxygen atoms in total. The first-order valence-corrected chi connectivity index (χ1v) is 4.90. The van der Waals surface area contributed by atoms with E-state index >= 15 is 0 Å². The molecule has 0 amide bonds. The highest BCUT2D eigenvalue weighted by molar-refractivity contribution is 6.31. The predicted octanol–water partition coefficient (Wildman–Crippen LogP) is 3.35. The number of alkyl halides is 1. The molecule has 0 aliphatic carbocycles. The van der Waals surface area contributed by atoms with E-state index in [9.17, 15) is 0 Å². The van der Waals surface area contributed by atoms with Crippen molar-refractivity contribution in [1.29, 1.82) is 0 Å². The first-order chi connectivity index (χ1) is 6.31. The van der Waals surface area contributed by atoms with Crippen LogP contribution < -0.4 is 4.74 Å². The van der Waals surface area contributed by atoms with Crippen molar-refractivity contribution < 1.29 is 4.74 Å². The fourth-order valence-corrected chi connectivity index (χ4v) is 1.77. The Kier molecular flexibility index (Phi) is 2.47. The molecule has 0 radical (unpaired) electrons. The predicted molar refractivity (Wildman–Crippen MR) is 55.6 cm³/mol. The molecule has 1 aliphatic heterocycles. The molecule has 0 saturated heterocycles. The van der Waals surface area contributed by atoms with E-state index < -0.39 is 0 Å². The second kappa shape index (κ2) is 3.60. The van der Waals surface area contributed by atoms with Gasteiger partial charge in [0.2, 0.25) is 0 Å². The van der Waals surface area contributed by atoms with Crippen LogP contribution in [0.4, 0.5) is 0 Å². The second-order valence-electron chi connectivity index (χ2n) is 2.81. The van der Waals surface area contributed by atoms with Gasteiger partial charge < -0.3 is 4.74 Å². The van der Waals surface area contributed by atoms with E-state index in [-0.39, 0.29) is 0 Å². The number of hydrogen-bond donors (Lipinski definition) is 0. The molecule has 0 aromatic heterocycles. The Morgan fingerprint density at radius 3 is 3.00 bits per heavy atom. The maximum absolute atomic E-state index is 5.87. The fraction of sp³-hybridized carbons (Fsp3) is 0.200. The van der Waals surface area contributed by atoms with E-state index in [0.717, 1.165) is 16.9 Å². The van der Waals surface area contributed by atoms with Crippen LogP contribution in [0.5, 0.6) is 5.75 Å². The van der Waals surface area contributed by atoms with Crippen LogP contribution in [0.2, 0.25) is 5.02 Å². The van der Waals surface area contributed by atoms with Crippen LogP contribution in [-0.4, -0.2) is 12.5 Å². The SMILES string of the molecule is ClCC1=CCOc2ccc(Cl)cc21. The molecule has 0 unspecified atom stereocenters. The summed E-state index contributed by atoms with van der Waals surface area (Å²) in [5.74, 6) is 1.36. The summed E-state index contributed by atoms with van der Waals surface area (Å²) in [6, 6.07) is 5.57. The molecular formula is C10H8Cl2O. The summed E-state index contributed by atoms with van der Waals surface area (Å²) < 4.78 is 5.42. The van der Waals surface area contributed by atoms with Crippen molar-refractivity contribution in [2.75, 3.05) is 12.5 Å². The first-order valence-electron chi connectivity index (χ1n) is 3.99. The van der Waals surface area contributed by atoms with Gasteiger partial charge in [0.1, 0.15) is 12.4 Å². The van der Waals surface area contributed by atoms with Crippen molar-refractivity contribution in [2.45, 2.75) is 0 Å². The summed E-state index contributed by atoms with van der Waals surface area (Å²) >= 11 is 11.7. The van der Waals surface area contributed by atoms with Crippen molar-refractivity contribution >= 4 is 28.8 Å². The smallest absolute Gasteiger partial charge is 0.127 e. The van der Waals surface area contributed by atoms with Crippen molar-refractivity contribution in [3.8, 4) is 5.75 Å². The minimum absolute atomic E-state index is 0.497. The summed E-state index contributed by atoms with van der Waals surface area (Å²) in [6.45, 7) is 0.594. The third kappa shape index (κ3) is 1.67. The van der Waals surface area contributed by atoms with Crippen LogP contribution >= 0.6 is 23.2 Å². The van der Waals surface area contributed by atoms with Gasteiger partial charge in [-0.05, 0) is 29.8 Å². The second-order valence-corrected chi connectivity index (χ2v) is 3.52. The van der Waals surface area contributed by atoms with Gasteiger partial charge in [-0.25, -0.2) is 0 Å². The Hall–Kier alpha value is -0.660. The van der Waals surface area contributed by atoms with E-state index in [2.05, 4.69) is 0 Å². The van der Waals surface area contributed by atoms with E-state index in [1.54, 1.807) is 0 Å². The van der Waals surface area contributed by atoms with E-state index in [1.807, 2.05) is 24.3 Å². The first kappa shape index (κ1) is 8.92. The summed E-state index contributed by atoms with van der Waals surface area (Å²) in [6.07, 6.45) is 1.98. The standard InChI is InChI=1S/C10H8Cl2O/c11-6-7-3-4-13-10-2-1-8(12)5-9(7)10/h1-3,5H,4,6H2. The van der Waals surface area contributed by atoms with Gasteiger partial charge in [0.25, 0.3) is 0 Å². The quantitative estimate of drug-likeness (QED) is 0.652. The zero-order valence-electron chi connectivity index (χ0n) is 6.89. The molecule has 2 rings (SSSR count). The van der Waals surface area contributed by atoms with Crippen molar-refractivity contribution in [3.63, 3.8) is 0 Å². The minimum atomic E-state index is 0.497. The molecule has 1 aliphatic rings. The largest absolute Gasteiger partial charge is 0.489 e. The van der Waals surface area contributed by atoms with E-state index in [1.165, 1.54) is 0 Å². The average molecular weight is 215 g/mol. The van der Waals surface area contributed by atoms with Crippen LogP contribution in [0.25, 0.3) is 5.57 Å².